The van der Waals surface area contributed by atoms with Gasteiger partial charge in [0.05, 0.1) is 0 Å². The number of hydrogen-bond acceptors (Lipinski definition) is 4. The first-order chi connectivity index (χ1) is 15.3. The summed E-state index contributed by atoms with van der Waals surface area (Å²) in [4.78, 5) is 9.61. The molecule has 4 heterocycles. The van der Waals surface area contributed by atoms with Crippen molar-refractivity contribution < 1.29 is 0 Å². The molecule has 4 heteroatoms. The van der Waals surface area contributed by atoms with E-state index in [-0.39, 0.29) is 0 Å². The summed E-state index contributed by atoms with van der Waals surface area (Å²) < 4.78 is 0. The lowest BCUT2D eigenvalue weighted by molar-refractivity contribution is 0.200. The molecule has 4 rings (SSSR count). The van der Waals surface area contributed by atoms with Crippen LogP contribution >= 0.6 is 0 Å². The van der Waals surface area contributed by atoms with Crippen LogP contribution in [0, 0.1) is 11.8 Å². The number of piperidine rings is 3. The Kier molecular flexibility index (Phi) is 20.1. The Balaban J connectivity index is 0.000000392. The van der Waals surface area contributed by atoms with E-state index in [1.165, 1.54) is 104 Å². The van der Waals surface area contributed by atoms with Crippen LogP contribution < -0.4 is 0 Å². The summed E-state index contributed by atoms with van der Waals surface area (Å²) in [5.41, 5.74) is 0. The standard InChI is InChI=1S/3C7H15N.C5H11N.C2H6/c1-7-3-5-8(2)6-4-7;1-7-4-3-5-8(2)6-7;1-7-5-3-4-6-8(7)2;1-6-4-2-3-5-6;1-2/h3*7H,3-6H2,1-2H3;2-5H2,1H3;1-2H3. The van der Waals surface area contributed by atoms with Gasteiger partial charge in [-0.3, -0.25) is 0 Å². The van der Waals surface area contributed by atoms with Crippen LogP contribution in [0.4, 0.5) is 0 Å². The largest absolute Gasteiger partial charge is 0.306 e. The summed E-state index contributed by atoms with van der Waals surface area (Å²) in [5, 5.41) is 0. The third-order valence-corrected chi connectivity index (χ3v) is 7.33. The molecule has 0 amide bonds. The molecule has 0 saturated carbocycles. The Hall–Kier alpha value is -0.160. The van der Waals surface area contributed by atoms with Gasteiger partial charge in [0, 0.05) is 12.6 Å². The van der Waals surface area contributed by atoms with Crippen molar-refractivity contribution in [1.82, 2.24) is 19.6 Å². The number of likely N-dealkylation sites (tertiary alicyclic amines) is 4. The highest BCUT2D eigenvalue weighted by molar-refractivity contribution is 4.68. The highest BCUT2D eigenvalue weighted by Gasteiger charge is 2.13. The summed E-state index contributed by atoms with van der Waals surface area (Å²) in [6.07, 6.45) is 12.7. The van der Waals surface area contributed by atoms with Gasteiger partial charge in [-0.25, -0.2) is 0 Å². The fourth-order valence-corrected chi connectivity index (χ4v) is 4.68. The van der Waals surface area contributed by atoms with Gasteiger partial charge in [-0.1, -0.05) is 34.1 Å². The summed E-state index contributed by atoms with van der Waals surface area (Å²) in [6, 6.07) is 0.837. The van der Waals surface area contributed by atoms with Gasteiger partial charge >= 0.3 is 0 Å². The van der Waals surface area contributed by atoms with Gasteiger partial charge in [0.15, 0.2) is 0 Å². The molecule has 0 aromatic carbocycles. The van der Waals surface area contributed by atoms with Crippen molar-refractivity contribution in [1.29, 1.82) is 0 Å². The van der Waals surface area contributed by atoms with Crippen LogP contribution in [0.3, 0.4) is 0 Å². The van der Waals surface area contributed by atoms with Crippen molar-refractivity contribution in [3.05, 3.63) is 0 Å². The van der Waals surface area contributed by atoms with Crippen LogP contribution in [-0.2, 0) is 0 Å². The van der Waals surface area contributed by atoms with Gasteiger partial charge in [0.2, 0.25) is 0 Å². The first-order valence-electron chi connectivity index (χ1n) is 14.0. The van der Waals surface area contributed by atoms with Gasteiger partial charge in [-0.15, -0.1) is 0 Å². The van der Waals surface area contributed by atoms with E-state index >= 15 is 0 Å². The fraction of sp³-hybridized carbons (Fsp3) is 1.00. The van der Waals surface area contributed by atoms with Crippen LogP contribution in [0.15, 0.2) is 0 Å². The van der Waals surface area contributed by atoms with Crippen LogP contribution in [-0.4, -0.2) is 99.6 Å². The molecular formula is C28H62N4. The Morgan fingerprint density at radius 2 is 0.969 bits per heavy atom. The van der Waals surface area contributed by atoms with Gasteiger partial charge in [0.25, 0.3) is 0 Å². The molecular weight excluding hydrogens is 392 g/mol. The SMILES string of the molecule is CC.CC1CCCCN1C.CC1CCCN(C)C1.CC1CCN(C)CC1.CN1CCCC1. The summed E-state index contributed by atoms with van der Waals surface area (Å²) in [7, 11) is 8.79. The van der Waals surface area contributed by atoms with Crippen molar-refractivity contribution in [2.24, 2.45) is 11.8 Å². The molecule has 0 bridgehead atoms. The molecule has 0 N–H and O–H groups in total. The van der Waals surface area contributed by atoms with Crippen molar-refractivity contribution in [2.45, 2.75) is 98.4 Å². The monoisotopic (exact) mass is 454 g/mol. The highest BCUT2D eigenvalue weighted by Crippen LogP contribution is 2.14. The normalized spacial score (nSPS) is 28.0. The van der Waals surface area contributed by atoms with Gasteiger partial charge < -0.3 is 19.6 Å². The van der Waals surface area contributed by atoms with E-state index in [1.807, 2.05) is 13.8 Å². The molecule has 0 aliphatic carbocycles. The van der Waals surface area contributed by atoms with E-state index in [0.717, 1.165) is 17.9 Å². The molecule has 0 aromatic rings. The first-order valence-corrected chi connectivity index (χ1v) is 14.0. The minimum atomic E-state index is 0.837. The van der Waals surface area contributed by atoms with Crippen molar-refractivity contribution in [3.8, 4) is 0 Å². The second-order valence-corrected chi connectivity index (χ2v) is 10.8. The van der Waals surface area contributed by atoms with E-state index in [2.05, 4.69) is 68.6 Å². The van der Waals surface area contributed by atoms with Crippen LogP contribution in [0.5, 0.6) is 0 Å². The molecule has 2 atom stereocenters. The van der Waals surface area contributed by atoms with E-state index in [9.17, 15) is 0 Å². The summed E-state index contributed by atoms with van der Waals surface area (Å²) >= 11 is 0. The zero-order valence-electron chi connectivity index (χ0n) is 23.8. The average Bonchev–Trinajstić information content (AvgIpc) is 3.26. The van der Waals surface area contributed by atoms with Crippen LogP contribution in [0.2, 0.25) is 0 Å². The van der Waals surface area contributed by atoms with Gasteiger partial charge in [-0.05, 0) is 138 Å². The molecule has 4 saturated heterocycles. The molecule has 0 spiro atoms. The second kappa shape index (κ2) is 20.2. The summed E-state index contributed by atoms with van der Waals surface area (Å²) in [6.45, 7) is 20.1. The number of hydrogen-bond donors (Lipinski definition) is 0. The Morgan fingerprint density at radius 1 is 0.469 bits per heavy atom. The molecule has 4 fully saturated rings. The maximum Gasteiger partial charge on any atom is 0.00638 e. The zero-order chi connectivity index (χ0) is 24.4. The summed E-state index contributed by atoms with van der Waals surface area (Å²) in [5.74, 6) is 1.92. The lowest BCUT2D eigenvalue weighted by Gasteiger charge is -2.29. The lowest BCUT2D eigenvalue weighted by atomic mass is 10.00. The van der Waals surface area contributed by atoms with Gasteiger partial charge in [0.1, 0.15) is 0 Å². The third-order valence-electron chi connectivity index (χ3n) is 7.33. The van der Waals surface area contributed by atoms with Crippen LogP contribution in [0.25, 0.3) is 0 Å². The molecule has 32 heavy (non-hydrogen) atoms. The predicted molar refractivity (Wildman–Crippen MR) is 146 cm³/mol. The third kappa shape index (κ3) is 17.3. The minimum Gasteiger partial charge on any atom is -0.306 e. The average molecular weight is 455 g/mol. The van der Waals surface area contributed by atoms with E-state index in [0.29, 0.717) is 0 Å². The Labute approximate surface area is 204 Å². The maximum atomic E-state index is 2.43. The molecule has 4 aliphatic rings. The molecule has 0 radical (unpaired) electrons. The van der Waals surface area contributed by atoms with Crippen LogP contribution in [0.1, 0.15) is 92.4 Å². The van der Waals surface area contributed by atoms with Crippen molar-refractivity contribution in [3.63, 3.8) is 0 Å². The zero-order valence-corrected chi connectivity index (χ0v) is 23.8. The molecule has 0 aromatic heterocycles. The van der Waals surface area contributed by atoms with Gasteiger partial charge in [-0.2, -0.15) is 0 Å². The maximum absolute atomic E-state index is 2.43. The Morgan fingerprint density at radius 3 is 1.28 bits per heavy atom. The van der Waals surface area contributed by atoms with E-state index in [4.69, 9.17) is 0 Å². The topological polar surface area (TPSA) is 13.0 Å². The van der Waals surface area contributed by atoms with Crippen molar-refractivity contribution >= 4 is 0 Å². The smallest absolute Gasteiger partial charge is 0.00638 e. The second-order valence-electron chi connectivity index (χ2n) is 10.8. The first kappa shape index (κ1) is 31.8. The fourth-order valence-electron chi connectivity index (χ4n) is 4.68. The molecule has 4 aliphatic heterocycles. The molecule has 194 valence electrons. The van der Waals surface area contributed by atoms with Crippen molar-refractivity contribution in [2.75, 3.05) is 74.0 Å². The quantitative estimate of drug-likeness (QED) is 0.450. The van der Waals surface area contributed by atoms with E-state index in [1.54, 1.807) is 0 Å². The molecule has 4 nitrogen and oxygen atoms in total. The van der Waals surface area contributed by atoms with E-state index < -0.39 is 0 Å². The lowest BCUT2D eigenvalue weighted by Crippen LogP contribution is -2.33. The highest BCUT2D eigenvalue weighted by atomic mass is 15.1. The molecule has 2 unspecified atom stereocenters. The number of nitrogens with zero attached hydrogens (tertiary/aromatic N) is 4. The number of rotatable bonds is 0. The Bertz CT molecular complexity index is 361. The predicted octanol–water partition coefficient (Wildman–Crippen LogP) is 5.93. The minimum absolute atomic E-state index is 0.837.